The van der Waals surface area contributed by atoms with Gasteiger partial charge in [0.25, 0.3) is 0 Å². The fraction of sp³-hybridized carbons (Fsp3) is 0.545. The summed E-state index contributed by atoms with van der Waals surface area (Å²) in [5.41, 5.74) is 0. The molecule has 1 aromatic heterocycles. The van der Waals surface area contributed by atoms with Gasteiger partial charge in [-0.1, -0.05) is 13.0 Å². The van der Waals surface area contributed by atoms with Crippen molar-refractivity contribution >= 4 is 17.2 Å². The molecule has 1 amide bonds. The van der Waals surface area contributed by atoms with Gasteiger partial charge >= 0.3 is 0 Å². The third kappa shape index (κ3) is 3.14. The van der Waals surface area contributed by atoms with Crippen molar-refractivity contribution in [1.29, 1.82) is 0 Å². The minimum atomic E-state index is 0.142. The van der Waals surface area contributed by atoms with Crippen LogP contribution < -0.4 is 0 Å². The van der Waals surface area contributed by atoms with Gasteiger partial charge in [0.2, 0.25) is 5.91 Å². The molecule has 1 aromatic rings. The quantitative estimate of drug-likeness (QED) is 0.750. The Labute approximate surface area is 89.5 Å². The smallest absolute Gasteiger partial charge is 0.219 e. The summed E-state index contributed by atoms with van der Waals surface area (Å²) in [5.74, 6) is 0.695. The van der Waals surface area contributed by atoms with Crippen LogP contribution in [0.15, 0.2) is 17.5 Å². The van der Waals surface area contributed by atoms with E-state index in [1.165, 1.54) is 4.88 Å². The number of carbonyl (C=O) groups is 1. The molecule has 0 aromatic carbocycles. The highest BCUT2D eigenvalue weighted by molar-refractivity contribution is 7.10. The Hall–Kier alpha value is -0.830. The first-order chi connectivity index (χ1) is 6.61. The SMILES string of the molecule is CC(=O)N(C)CCC(C)c1cccs1. The van der Waals surface area contributed by atoms with E-state index in [4.69, 9.17) is 0 Å². The van der Waals surface area contributed by atoms with Crippen molar-refractivity contribution in [1.82, 2.24) is 4.90 Å². The van der Waals surface area contributed by atoms with E-state index < -0.39 is 0 Å². The van der Waals surface area contributed by atoms with Crippen LogP contribution in [0.5, 0.6) is 0 Å². The summed E-state index contributed by atoms with van der Waals surface area (Å²) in [5, 5.41) is 2.10. The number of nitrogens with zero attached hydrogens (tertiary/aromatic N) is 1. The van der Waals surface area contributed by atoms with E-state index in [0.29, 0.717) is 5.92 Å². The average molecular weight is 211 g/mol. The van der Waals surface area contributed by atoms with Crippen LogP contribution in [-0.4, -0.2) is 24.4 Å². The molecule has 0 fully saturated rings. The standard InChI is InChI=1S/C11H17NOS/c1-9(11-5-4-8-14-11)6-7-12(3)10(2)13/h4-5,8-9H,6-7H2,1-3H3. The predicted octanol–water partition coefficient (Wildman–Crippen LogP) is 2.72. The molecular formula is C11H17NOS. The van der Waals surface area contributed by atoms with E-state index in [1.807, 2.05) is 7.05 Å². The molecule has 0 bridgehead atoms. The van der Waals surface area contributed by atoms with E-state index in [-0.39, 0.29) is 5.91 Å². The molecule has 0 aliphatic carbocycles. The zero-order valence-corrected chi connectivity index (χ0v) is 9.80. The summed E-state index contributed by atoms with van der Waals surface area (Å²) in [6, 6.07) is 4.23. The van der Waals surface area contributed by atoms with Gasteiger partial charge in [-0.15, -0.1) is 11.3 Å². The maximum atomic E-state index is 11.0. The molecule has 0 spiro atoms. The van der Waals surface area contributed by atoms with Gasteiger partial charge in [0, 0.05) is 25.4 Å². The lowest BCUT2D eigenvalue weighted by molar-refractivity contribution is -0.127. The summed E-state index contributed by atoms with van der Waals surface area (Å²) in [4.78, 5) is 14.1. The normalized spacial score (nSPS) is 12.5. The Morgan fingerprint density at radius 3 is 2.86 bits per heavy atom. The van der Waals surface area contributed by atoms with Gasteiger partial charge < -0.3 is 4.90 Å². The van der Waals surface area contributed by atoms with E-state index >= 15 is 0 Å². The van der Waals surface area contributed by atoms with Crippen molar-refractivity contribution in [2.75, 3.05) is 13.6 Å². The molecule has 1 heterocycles. The predicted molar refractivity (Wildman–Crippen MR) is 60.7 cm³/mol. The number of rotatable bonds is 4. The van der Waals surface area contributed by atoms with Crippen LogP contribution >= 0.6 is 11.3 Å². The Kier molecular flexibility index (Phi) is 4.14. The largest absolute Gasteiger partial charge is 0.346 e. The third-order valence-corrected chi connectivity index (χ3v) is 3.57. The maximum absolute atomic E-state index is 11.0. The number of hydrogen-bond acceptors (Lipinski definition) is 2. The average Bonchev–Trinajstić information content (AvgIpc) is 2.66. The van der Waals surface area contributed by atoms with E-state index in [1.54, 1.807) is 23.2 Å². The molecular weight excluding hydrogens is 194 g/mol. The monoisotopic (exact) mass is 211 g/mol. The topological polar surface area (TPSA) is 20.3 Å². The van der Waals surface area contributed by atoms with Crippen LogP contribution in [-0.2, 0) is 4.79 Å². The molecule has 1 atom stereocenters. The number of amides is 1. The van der Waals surface area contributed by atoms with Gasteiger partial charge in [0.1, 0.15) is 0 Å². The minimum Gasteiger partial charge on any atom is -0.346 e. The highest BCUT2D eigenvalue weighted by Gasteiger charge is 2.08. The molecule has 0 saturated carbocycles. The number of thiophene rings is 1. The first-order valence-corrected chi connectivity index (χ1v) is 5.74. The van der Waals surface area contributed by atoms with Crippen LogP contribution in [0, 0.1) is 0 Å². The highest BCUT2D eigenvalue weighted by Crippen LogP contribution is 2.23. The lowest BCUT2D eigenvalue weighted by atomic mass is 10.1. The number of carbonyl (C=O) groups excluding carboxylic acids is 1. The van der Waals surface area contributed by atoms with E-state index in [9.17, 15) is 4.79 Å². The molecule has 2 nitrogen and oxygen atoms in total. The molecule has 0 aliphatic rings. The van der Waals surface area contributed by atoms with Crippen molar-refractivity contribution in [3.63, 3.8) is 0 Å². The van der Waals surface area contributed by atoms with Gasteiger partial charge in [-0.05, 0) is 23.8 Å². The van der Waals surface area contributed by atoms with Gasteiger partial charge in [-0.2, -0.15) is 0 Å². The second-order valence-corrected chi connectivity index (χ2v) is 4.62. The van der Waals surface area contributed by atoms with Crippen molar-refractivity contribution in [2.45, 2.75) is 26.2 Å². The lowest BCUT2D eigenvalue weighted by Crippen LogP contribution is -2.25. The zero-order chi connectivity index (χ0) is 10.6. The van der Waals surface area contributed by atoms with Gasteiger partial charge in [-0.25, -0.2) is 0 Å². The van der Waals surface area contributed by atoms with Crippen molar-refractivity contribution in [3.05, 3.63) is 22.4 Å². The first kappa shape index (κ1) is 11.2. The summed E-state index contributed by atoms with van der Waals surface area (Å²) in [6.07, 6.45) is 1.04. The number of hydrogen-bond donors (Lipinski definition) is 0. The molecule has 0 saturated heterocycles. The van der Waals surface area contributed by atoms with Crippen molar-refractivity contribution in [3.8, 4) is 0 Å². The van der Waals surface area contributed by atoms with Gasteiger partial charge in [-0.3, -0.25) is 4.79 Å². The van der Waals surface area contributed by atoms with E-state index in [2.05, 4.69) is 24.4 Å². The Morgan fingerprint density at radius 2 is 2.36 bits per heavy atom. The second-order valence-electron chi connectivity index (χ2n) is 3.65. The third-order valence-electron chi connectivity index (χ3n) is 2.46. The molecule has 1 unspecified atom stereocenters. The van der Waals surface area contributed by atoms with Crippen molar-refractivity contribution in [2.24, 2.45) is 0 Å². The molecule has 78 valence electrons. The summed E-state index contributed by atoms with van der Waals surface area (Å²) >= 11 is 1.79. The Morgan fingerprint density at radius 1 is 1.64 bits per heavy atom. The van der Waals surface area contributed by atoms with Crippen molar-refractivity contribution < 1.29 is 4.79 Å². The first-order valence-electron chi connectivity index (χ1n) is 4.86. The van der Waals surface area contributed by atoms with Gasteiger partial charge in [0.15, 0.2) is 0 Å². The highest BCUT2D eigenvalue weighted by atomic mass is 32.1. The molecule has 0 N–H and O–H groups in total. The van der Waals surface area contributed by atoms with Crippen LogP contribution in [0.1, 0.15) is 31.1 Å². The summed E-state index contributed by atoms with van der Waals surface area (Å²) < 4.78 is 0. The summed E-state index contributed by atoms with van der Waals surface area (Å²) in [6.45, 7) is 4.66. The Balaban J connectivity index is 2.35. The molecule has 1 rings (SSSR count). The van der Waals surface area contributed by atoms with Crippen LogP contribution in [0.25, 0.3) is 0 Å². The maximum Gasteiger partial charge on any atom is 0.219 e. The van der Waals surface area contributed by atoms with Crippen LogP contribution in [0.4, 0.5) is 0 Å². The Bertz CT molecular complexity index is 281. The van der Waals surface area contributed by atoms with Crippen LogP contribution in [0.3, 0.4) is 0 Å². The molecule has 0 aliphatic heterocycles. The molecule has 3 heteroatoms. The zero-order valence-electron chi connectivity index (χ0n) is 8.99. The molecule has 14 heavy (non-hydrogen) atoms. The summed E-state index contributed by atoms with van der Waals surface area (Å²) in [7, 11) is 1.85. The van der Waals surface area contributed by atoms with E-state index in [0.717, 1.165) is 13.0 Å². The van der Waals surface area contributed by atoms with Gasteiger partial charge in [0.05, 0.1) is 0 Å². The second kappa shape index (κ2) is 5.15. The lowest BCUT2D eigenvalue weighted by Gasteiger charge is -2.17. The fourth-order valence-electron chi connectivity index (χ4n) is 1.26. The van der Waals surface area contributed by atoms with Crippen LogP contribution in [0.2, 0.25) is 0 Å². The fourth-order valence-corrected chi connectivity index (χ4v) is 2.08. The minimum absolute atomic E-state index is 0.142. The molecule has 0 radical (unpaired) electrons.